The molecular formula is C8H13N3. The molecular weight excluding hydrogens is 138 g/mol. The first-order valence-electron chi connectivity index (χ1n) is 3.75. The van der Waals surface area contributed by atoms with E-state index in [1.165, 1.54) is 0 Å². The van der Waals surface area contributed by atoms with Crippen LogP contribution in [0.15, 0.2) is 12.4 Å². The van der Waals surface area contributed by atoms with Crippen LogP contribution in [0.5, 0.6) is 0 Å². The van der Waals surface area contributed by atoms with Gasteiger partial charge in [0.15, 0.2) is 0 Å². The van der Waals surface area contributed by atoms with E-state index in [1.807, 2.05) is 0 Å². The summed E-state index contributed by atoms with van der Waals surface area (Å²) in [7, 11) is 0. The summed E-state index contributed by atoms with van der Waals surface area (Å²) in [6.45, 7) is 4.30. The Morgan fingerprint density at radius 3 is 2.55 bits per heavy atom. The summed E-state index contributed by atoms with van der Waals surface area (Å²) < 4.78 is 0. The minimum Gasteiger partial charge on any atom is -0.382 e. The van der Waals surface area contributed by atoms with Gasteiger partial charge in [0.1, 0.15) is 5.82 Å². The van der Waals surface area contributed by atoms with Crippen molar-refractivity contribution in [2.45, 2.75) is 20.3 Å². The van der Waals surface area contributed by atoms with E-state index in [4.69, 9.17) is 5.73 Å². The molecule has 11 heavy (non-hydrogen) atoms. The number of nitrogen functional groups attached to an aromatic ring is 1. The van der Waals surface area contributed by atoms with Crippen LogP contribution in [0, 0.1) is 5.92 Å². The molecule has 3 heteroatoms. The number of hydrogen-bond acceptors (Lipinski definition) is 3. The zero-order chi connectivity index (χ0) is 8.27. The Balaban J connectivity index is 2.66. The second kappa shape index (κ2) is 3.32. The molecule has 0 amide bonds. The number of rotatable bonds is 2. The van der Waals surface area contributed by atoms with Crippen molar-refractivity contribution in [2.24, 2.45) is 5.92 Å². The number of nitrogens with two attached hydrogens (primary N) is 1. The fourth-order valence-corrected chi connectivity index (χ4v) is 0.888. The van der Waals surface area contributed by atoms with E-state index in [0.29, 0.717) is 11.7 Å². The molecule has 0 spiro atoms. The lowest BCUT2D eigenvalue weighted by molar-refractivity contribution is 0.633. The average Bonchev–Trinajstić information content (AvgIpc) is 1.93. The summed E-state index contributed by atoms with van der Waals surface area (Å²) in [6.07, 6.45) is 4.29. The maximum atomic E-state index is 5.38. The minimum absolute atomic E-state index is 0.484. The number of hydrogen-bond donors (Lipinski definition) is 1. The molecule has 60 valence electrons. The highest BCUT2D eigenvalue weighted by Crippen LogP contribution is 2.03. The Labute approximate surface area is 66.7 Å². The predicted molar refractivity (Wildman–Crippen MR) is 45.0 cm³/mol. The molecule has 0 aromatic carbocycles. The van der Waals surface area contributed by atoms with Crippen LogP contribution in [0.25, 0.3) is 0 Å². The standard InChI is InChI=1S/C8H13N3/c1-6(2)3-7-4-11-8(9)5-10-7/h4-6H,3H2,1-2H3,(H2,9,11). The molecule has 1 heterocycles. The van der Waals surface area contributed by atoms with Crippen molar-refractivity contribution in [1.29, 1.82) is 0 Å². The molecule has 0 aliphatic heterocycles. The molecule has 0 fully saturated rings. The highest BCUT2D eigenvalue weighted by Gasteiger charge is 1.98. The van der Waals surface area contributed by atoms with Gasteiger partial charge in [-0.3, -0.25) is 4.98 Å². The van der Waals surface area contributed by atoms with Crippen molar-refractivity contribution in [3.8, 4) is 0 Å². The molecule has 3 nitrogen and oxygen atoms in total. The quantitative estimate of drug-likeness (QED) is 0.692. The second-order valence-corrected chi connectivity index (χ2v) is 3.03. The third-order valence-corrected chi connectivity index (χ3v) is 1.34. The normalized spacial score (nSPS) is 10.5. The minimum atomic E-state index is 0.484. The molecule has 0 radical (unpaired) electrons. The van der Waals surface area contributed by atoms with Gasteiger partial charge in [0, 0.05) is 0 Å². The third kappa shape index (κ3) is 2.53. The molecule has 1 aromatic heterocycles. The van der Waals surface area contributed by atoms with E-state index in [0.717, 1.165) is 12.1 Å². The van der Waals surface area contributed by atoms with Gasteiger partial charge in [0.05, 0.1) is 18.1 Å². The van der Waals surface area contributed by atoms with Crippen molar-refractivity contribution in [2.75, 3.05) is 5.73 Å². The zero-order valence-corrected chi connectivity index (χ0v) is 6.91. The van der Waals surface area contributed by atoms with Crippen LogP contribution < -0.4 is 5.73 Å². The first-order valence-corrected chi connectivity index (χ1v) is 3.75. The number of aromatic nitrogens is 2. The van der Waals surface area contributed by atoms with E-state index in [-0.39, 0.29) is 0 Å². The maximum Gasteiger partial charge on any atom is 0.141 e. The summed E-state index contributed by atoms with van der Waals surface area (Å²) in [5, 5.41) is 0. The molecule has 0 aliphatic carbocycles. The Kier molecular flexibility index (Phi) is 2.41. The molecule has 2 N–H and O–H groups in total. The third-order valence-electron chi connectivity index (χ3n) is 1.34. The van der Waals surface area contributed by atoms with E-state index in [9.17, 15) is 0 Å². The van der Waals surface area contributed by atoms with Gasteiger partial charge in [-0.25, -0.2) is 4.98 Å². The fraction of sp³-hybridized carbons (Fsp3) is 0.500. The molecule has 0 saturated heterocycles. The highest BCUT2D eigenvalue weighted by molar-refractivity contribution is 5.22. The first kappa shape index (κ1) is 7.98. The molecule has 0 saturated carbocycles. The Morgan fingerprint density at radius 2 is 2.09 bits per heavy atom. The Hall–Kier alpha value is -1.12. The van der Waals surface area contributed by atoms with Crippen LogP contribution in [0.4, 0.5) is 5.82 Å². The first-order chi connectivity index (χ1) is 5.18. The Bertz CT molecular complexity index is 215. The lowest BCUT2D eigenvalue weighted by Gasteiger charge is -2.02. The molecule has 1 rings (SSSR count). The van der Waals surface area contributed by atoms with Crippen molar-refractivity contribution in [3.05, 3.63) is 18.1 Å². The van der Waals surface area contributed by atoms with Crippen LogP contribution in [0.3, 0.4) is 0 Å². The van der Waals surface area contributed by atoms with Gasteiger partial charge < -0.3 is 5.73 Å². The number of nitrogens with zero attached hydrogens (tertiary/aromatic N) is 2. The van der Waals surface area contributed by atoms with Gasteiger partial charge in [-0.15, -0.1) is 0 Å². The molecule has 0 unspecified atom stereocenters. The summed E-state index contributed by atoms with van der Waals surface area (Å²) in [6, 6.07) is 0. The summed E-state index contributed by atoms with van der Waals surface area (Å²) in [5.74, 6) is 1.10. The largest absolute Gasteiger partial charge is 0.382 e. The zero-order valence-electron chi connectivity index (χ0n) is 6.91. The average molecular weight is 151 g/mol. The smallest absolute Gasteiger partial charge is 0.141 e. The predicted octanol–water partition coefficient (Wildman–Crippen LogP) is 1.26. The van der Waals surface area contributed by atoms with E-state index in [1.54, 1.807) is 12.4 Å². The van der Waals surface area contributed by atoms with Gasteiger partial charge >= 0.3 is 0 Å². The van der Waals surface area contributed by atoms with Gasteiger partial charge in [0.25, 0.3) is 0 Å². The van der Waals surface area contributed by atoms with E-state index >= 15 is 0 Å². The summed E-state index contributed by atoms with van der Waals surface area (Å²) in [4.78, 5) is 8.08. The van der Waals surface area contributed by atoms with Crippen molar-refractivity contribution in [3.63, 3.8) is 0 Å². The van der Waals surface area contributed by atoms with Gasteiger partial charge in [-0.1, -0.05) is 13.8 Å². The van der Waals surface area contributed by atoms with Gasteiger partial charge in [0.2, 0.25) is 0 Å². The van der Waals surface area contributed by atoms with Crippen molar-refractivity contribution >= 4 is 5.82 Å². The van der Waals surface area contributed by atoms with E-state index in [2.05, 4.69) is 23.8 Å². The van der Waals surface area contributed by atoms with Gasteiger partial charge in [-0.05, 0) is 12.3 Å². The van der Waals surface area contributed by atoms with Crippen LogP contribution in [0.1, 0.15) is 19.5 Å². The molecule has 0 aliphatic rings. The van der Waals surface area contributed by atoms with Gasteiger partial charge in [-0.2, -0.15) is 0 Å². The monoisotopic (exact) mass is 151 g/mol. The Morgan fingerprint density at radius 1 is 1.36 bits per heavy atom. The van der Waals surface area contributed by atoms with Crippen LogP contribution in [-0.4, -0.2) is 9.97 Å². The summed E-state index contributed by atoms with van der Waals surface area (Å²) >= 11 is 0. The van der Waals surface area contributed by atoms with Crippen molar-refractivity contribution < 1.29 is 0 Å². The second-order valence-electron chi connectivity index (χ2n) is 3.03. The lowest BCUT2D eigenvalue weighted by atomic mass is 10.1. The van der Waals surface area contributed by atoms with Crippen LogP contribution >= 0.6 is 0 Å². The van der Waals surface area contributed by atoms with E-state index < -0.39 is 0 Å². The maximum absolute atomic E-state index is 5.38. The molecule has 1 aromatic rings. The van der Waals surface area contributed by atoms with Crippen molar-refractivity contribution in [1.82, 2.24) is 9.97 Å². The molecule has 0 bridgehead atoms. The van der Waals surface area contributed by atoms with Crippen LogP contribution in [-0.2, 0) is 6.42 Å². The summed E-state index contributed by atoms with van der Waals surface area (Å²) in [5.41, 5.74) is 6.39. The SMILES string of the molecule is CC(C)Cc1cnc(N)cn1. The topological polar surface area (TPSA) is 51.8 Å². The lowest BCUT2D eigenvalue weighted by Crippen LogP contribution is -1.99. The number of anilines is 1. The van der Waals surface area contributed by atoms with Crippen LogP contribution in [0.2, 0.25) is 0 Å². The highest BCUT2D eigenvalue weighted by atomic mass is 14.9. The fourth-order valence-electron chi connectivity index (χ4n) is 0.888. The molecule has 0 atom stereocenters.